The number of nitrogens with one attached hydrogen (secondary N) is 3. The molecule has 9 heteroatoms. The van der Waals surface area contributed by atoms with Gasteiger partial charge in [-0.1, -0.05) is 49.1 Å². The summed E-state index contributed by atoms with van der Waals surface area (Å²) in [5.74, 6) is 12.0. The van der Waals surface area contributed by atoms with E-state index in [1.807, 2.05) is 30.3 Å². The molecule has 1 heterocycles. The Balaban J connectivity index is 1.65. The Labute approximate surface area is 203 Å². The molecule has 1 aromatic heterocycles. The first-order valence-corrected chi connectivity index (χ1v) is 11.7. The molecule has 0 atom stereocenters. The third-order valence-electron chi connectivity index (χ3n) is 6.04. The van der Waals surface area contributed by atoms with Crippen LogP contribution in [0.2, 0.25) is 5.02 Å². The summed E-state index contributed by atoms with van der Waals surface area (Å²) >= 11 is 6.54. The van der Waals surface area contributed by atoms with Crippen molar-refractivity contribution in [2.75, 3.05) is 10.6 Å². The maximum absolute atomic E-state index is 13.6. The number of rotatable bonds is 7. The Kier molecular flexibility index (Phi) is 7.82. The van der Waals surface area contributed by atoms with Crippen LogP contribution >= 0.6 is 11.6 Å². The molecule has 4 rings (SSSR count). The van der Waals surface area contributed by atoms with Gasteiger partial charge in [0.05, 0.1) is 5.02 Å². The normalized spacial score (nSPS) is 14.6. The van der Waals surface area contributed by atoms with Crippen molar-refractivity contribution in [2.24, 2.45) is 16.8 Å². The average Bonchev–Trinajstić information content (AvgIpc) is 2.86. The predicted molar refractivity (Wildman–Crippen MR) is 137 cm³/mol. The van der Waals surface area contributed by atoms with Gasteiger partial charge in [0.2, 0.25) is 0 Å². The van der Waals surface area contributed by atoms with E-state index in [1.165, 1.54) is 31.4 Å². The van der Waals surface area contributed by atoms with E-state index < -0.39 is 0 Å². The van der Waals surface area contributed by atoms with Crippen LogP contribution in [0.4, 0.5) is 15.9 Å². The van der Waals surface area contributed by atoms with E-state index in [4.69, 9.17) is 23.3 Å². The summed E-state index contributed by atoms with van der Waals surface area (Å²) in [5.41, 5.74) is 6.45. The minimum absolute atomic E-state index is 0.289. The minimum Gasteiger partial charge on any atom is -0.380 e. The fourth-order valence-electron chi connectivity index (χ4n) is 4.29. The molecule has 1 saturated carbocycles. The molecule has 0 spiro atoms. The molecular weight excluding hydrogens is 453 g/mol. The lowest BCUT2D eigenvalue weighted by Crippen LogP contribution is -2.32. The summed E-state index contributed by atoms with van der Waals surface area (Å²) in [4.78, 5) is 4.48. The highest BCUT2D eigenvalue weighted by molar-refractivity contribution is 6.33. The highest BCUT2D eigenvalue weighted by atomic mass is 35.5. The van der Waals surface area contributed by atoms with Crippen LogP contribution in [0.15, 0.2) is 59.8 Å². The maximum atomic E-state index is 13.6. The number of hydrazine groups is 1. The van der Waals surface area contributed by atoms with Crippen LogP contribution in [-0.2, 0) is 6.54 Å². The van der Waals surface area contributed by atoms with Crippen LogP contribution in [0.1, 0.15) is 43.2 Å². The summed E-state index contributed by atoms with van der Waals surface area (Å²) in [7, 11) is 0. The van der Waals surface area contributed by atoms with Gasteiger partial charge in [-0.25, -0.2) is 15.2 Å². The van der Waals surface area contributed by atoms with Crippen molar-refractivity contribution in [1.29, 1.82) is 0 Å². The molecule has 0 saturated heterocycles. The number of pyridine rings is 1. The summed E-state index contributed by atoms with van der Waals surface area (Å²) in [6, 6.07) is 14.6. The van der Waals surface area contributed by atoms with Crippen molar-refractivity contribution in [3.63, 3.8) is 0 Å². The number of amidine groups is 1. The smallest absolute Gasteiger partial charge is 0.168 e. The molecule has 3 aromatic rings. The largest absolute Gasteiger partial charge is 0.380 e. The Bertz CT molecular complexity index is 1160. The van der Waals surface area contributed by atoms with Gasteiger partial charge in [-0.3, -0.25) is 0 Å². The van der Waals surface area contributed by atoms with E-state index in [-0.39, 0.29) is 5.82 Å². The molecule has 7 N–H and O–H groups in total. The van der Waals surface area contributed by atoms with Gasteiger partial charge in [-0.2, -0.15) is 5.10 Å². The van der Waals surface area contributed by atoms with Gasteiger partial charge >= 0.3 is 0 Å². The van der Waals surface area contributed by atoms with E-state index in [0.717, 1.165) is 41.0 Å². The van der Waals surface area contributed by atoms with E-state index in [1.54, 1.807) is 12.3 Å². The van der Waals surface area contributed by atoms with E-state index in [9.17, 15) is 4.39 Å². The Morgan fingerprint density at radius 3 is 2.68 bits per heavy atom. The molecule has 1 aliphatic carbocycles. The molecule has 0 unspecified atom stereocenters. The van der Waals surface area contributed by atoms with Crippen LogP contribution in [0.3, 0.4) is 0 Å². The molecular formula is C25H29ClFN7. The first-order valence-electron chi connectivity index (χ1n) is 11.4. The molecule has 1 fully saturated rings. The minimum atomic E-state index is -0.289. The number of aromatic nitrogens is 1. The summed E-state index contributed by atoms with van der Waals surface area (Å²) in [6.07, 6.45) is 7.73. The van der Waals surface area contributed by atoms with E-state index >= 15 is 0 Å². The van der Waals surface area contributed by atoms with Crippen molar-refractivity contribution < 1.29 is 4.39 Å². The van der Waals surface area contributed by atoms with Gasteiger partial charge in [0, 0.05) is 35.6 Å². The number of nitrogens with two attached hydrogens (primary N) is 2. The molecule has 0 radical (unpaired) electrons. The van der Waals surface area contributed by atoms with Crippen LogP contribution in [0, 0.1) is 5.82 Å². The first-order chi connectivity index (χ1) is 16.6. The highest BCUT2D eigenvalue weighted by Crippen LogP contribution is 2.33. The lowest BCUT2D eigenvalue weighted by Gasteiger charge is -2.23. The maximum Gasteiger partial charge on any atom is 0.168 e. The zero-order chi connectivity index (χ0) is 23.9. The van der Waals surface area contributed by atoms with E-state index in [0.29, 0.717) is 29.0 Å². The monoisotopic (exact) mass is 481 g/mol. The topological polar surface area (TPSA) is 113 Å². The lowest BCUT2D eigenvalue weighted by atomic mass is 9.95. The van der Waals surface area contributed by atoms with Crippen LogP contribution in [0.5, 0.6) is 0 Å². The average molecular weight is 482 g/mol. The molecule has 2 aromatic carbocycles. The van der Waals surface area contributed by atoms with Crippen LogP contribution in [-0.4, -0.2) is 16.9 Å². The fourth-order valence-corrected chi connectivity index (χ4v) is 4.50. The first kappa shape index (κ1) is 23.8. The molecule has 0 aliphatic heterocycles. The number of nitrogens with zero attached hydrogens (tertiary/aromatic N) is 2. The molecule has 34 heavy (non-hydrogen) atoms. The Hall–Kier alpha value is -3.36. The quantitative estimate of drug-likeness (QED) is 0.141. The second-order valence-electron chi connectivity index (χ2n) is 8.39. The van der Waals surface area contributed by atoms with Gasteiger partial charge in [0.15, 0.2) is 5.84 Å². The van der Waals surface area contributed by atoms with Gasteiger partial charge < -0.3 is 21.9 Å². The molecule has 178 valence electrons. The third-order valence-corrected chi connectivity index (χ3v) is 6.34. The van der Waals surface area contributed by atoms with Crippen molar-refractivity contribution in [2.45, 2.75) is 44.7 Å². The summed E-state index contributed by atoms with van der Waals surface area (Å²) in [6.45, 7) is 0.398. The van der Waals surface area contributed by atoms with Crippen molar-refractivity contribution in [3.8, 4) is 11.1 Å². The SMILES string of the molecule is N/N=C(\NN)c1ccc(-c2cc(NC3CCCCC3)ncc2Cl)cc1NCc1cccc(F)c1. The third kappa shape index (κ3) is 5.76. The zero-order valence-corrected chi connectivity index (χ0v) is 19.6. The van der Waals surface area contributed by atoms with Gasteiger partial charge in [0.1, 0.15) is 11.6 Å². The molecule has 7 nitrogen and oxygen atoms in total. The second-order valence-corrected chi connectivity index (χ2v) is 8.80. The zero-order valence-electron chi connectivity index (χ0n) is 18.8. The van der Waals surface area contributed by atoms with E-state index in [2.05, 4.69) is 26.1 Å². The Morgan fingerprint density at radius 1 is 1.12 bits per heavy atom. The second kappa shape index (κ2) is 11.2. The lowest BCUT2D eigenvalue weighted by molar-refractivity contribution is 0.462. The van der Waals surface area contributed by atoms with Gasteiger partial charge in [-0.15, -0.1) is 0 Å². The predicted octanol–water partition coefficient (Wildman–Crippen LogP) is 4.98. The van der Waals surface area contributed by atoms with Crippen molar-refractivity contribution in [3.05, 3.63) is 76.7 Å². The summed E-state index contributed by atoms with van der Waals surface area (Å²) in [5, 5.41) is 11.2. The van der Waals surface area contributed by atoms with Gasteiger partial charge in [-0.05, 0) is 54.3 Å². The van der Waals surface area contributed by atoms with Crippen LogP contribution < -0.4 is 27.7 Å². The number of hydrazone groups is 1. The molecule has 0 amide bonds. The number of anilines is 2. The number of halogens is 2. The summed E-state index contributed by atoms with van der Waals surface area (Å²) < 4.78 is 13.6. The van der Waals surface area contributed by atoms with Crippen molar-refractivity contribution >= 4 is 28.9 Å². The van der Waals surface area contributed by atoms with Crippen molar-refractivity contribution in [1.82, 2.24) is 10.4 Å². The molecule has 1 aliphatic rings. The number of benzene rings is 2. The number of hydrogen-bond donors (Lipinski definition) is 5. The molecule has 0 bridgehead atoms. The van der Waals surface area contributed by atoms with Gasteiger partial charge in [0.25, 0.3) is 0 Å². The standard InChI is InChI=1S/C25H29ClFN7/c26-22-15-31-24(32-19-7-2-1-3-8-19)13-21(22)17-9-10-20(25(33-28)34-29)23(12-17)30-14-16-5-4-6-18(27)11-16/h4-6,9-13,15,19,30H,1-3,7-8,14,28-29H2,(H,31,32)(H,33,34). The Morgan fingerprint density at radius 2 is 1.94 bits per heavy atom. The highest BCUT2D eigenvalue weighted by Gasteiger charge is 2.16. The fraction of sp³-hybridized carbons (Fsp3) is 0.280. The van der Waals surface area contributed by atoms with Crippen LogP contribution in [0.25, 0.3) is 11.1 Å². The number of hydrogen-bond acceptors (Lipinski definition) is 6.